The second kappa shape index (κ2) is 7.91. The second-order valence-electron chi connectivity index (χ2n) is 6.73. The zero-order valence-corrected chi connectivity index (χ0v) is 16.7. The molecule has 0 saturated carbocycles. The SMILES string of the molecule is C#C[C@@]1(O)[C@@H](COC(CC)(C(=O)O)C(=O)O)O[C@@H](n2cnc3c(N)nc(Cl)nc32)[C@@H]1O. The highest BCUT2D eigenvalue weighted by Gasteiger charge is 2.57. The van der Waals surface area contributed by atoms with Gasteiger partial charge in [-0.1, -0.05) is 12.8 Å². The third-order valence-corrected chi connectivity index (χ3v) is 5.28. The number of nitrogen functional groups attached to an aromatic ring is 1. The molecule has 166 valence electrons. The third kappa shape index (κ3) is 3.44. The number of rotatable bonds is 7. The monoisotopic (exact) mass is 455 g/mol. The van der Waals surface area contributed by atoms with Gasteiger partial charge in [-0.15, -0.1) is 6.42 Å². The Hall–Kier alpha value is -3.02. The smallest absolute Gasteiger partial charge is 0.347 e. The van der Waals surface area contributed by atoms with Gasteiger partial charge in [0.2, 0.25) is 5.28 Å². The molecule has 0 radical (unpaired) electrons. The van der Waals surface area contributed by atoms with E-state index < -0.39 is 54.6 Å². The van der Waals surface area contributed by atoms with E-state index in [0.717, 1.165) is 0 Å². The number of nitrogens with two attached hydrogens (primary N) is 1. The van der Waals surface area contributed by atoms with Crippen LogP contribution in [0.1, 0.15) is 19.6 Å². The van der Waals surface area contributed by atoms with E-state index in [2.05, 4.69) is 15.0 Å². The largest absolute Gasteiger partial charge is 0.479 e. The van der Waals surface area contributed by atoms with Crippen molar-refractivity contribution in [2.75, 3.05) is 12.3 Å². The molecule has 1 fully saturated rings. The van der Waals surface area contributed by atoms with Crippen molar-refractivity contribution in [2.24, 2.45) is 0 Å². The molecule has 3 heterocycles. The number of carbonyl (C=O) groups is 2. The minimum atomic E-state index is -2.60. The first-order valence-electron chi connectivity index (χ1n) is 8.81. The van der Waals surface area contributed by atoms with E-state index in [4.69, 9.17) is 33.2 Å². The molecule has 6 N–H and O–H groups in total. The van der Waals surface area contributed by atoms with Crippen molar-refractivity contribution in [3.8, 4) is 12.3 Å². The van der Waals surface area contributed by atoms with Crippen LogP contribution in [-0.2, 0) is 19.1 Å². The molecular weight excluding hydrogens is 438 g/mol. The van der Waals surface area contributed by atoms with Gasteiger partial charge in [-0.3, -0.25) is 4.57 Å². The summed E-state index contributed by atoms with van der Waals surface area (Å²) in [6.07, 6.45) is 1.54. The summed E-state index contributed by atoms with van der Waals surface area (Å²) in [6, 6.07) is 0. The molecule has 4 atom stereocenters. The number of ether oxygens (including phenoxy) is 2. The summed E-state index contributed by atoms with van der Waals surface area (Å²) in [5.74, 6) is -1.53. The summed E-state index contributed by atoms with van der Waals surface area (Å²) in [5, 5.41) is 40.0. The predicted molar refractivity (Wildman–Crippen MR) is 103 cm³/mol. The Morgan fingerprint density at radius 2 is 2.10 bits per heavy atom. The van der Waals surface area contributed by atoms with E-state index in [0.29, 0.717) is 0 Å². The fourth-order valence-electron chi connectivity index (χ4n) is 3.25. The Bertz CT molecular complexity index is 1070. The first-order chi connectivity index (χ1) is 14.5. The van der Waals surface area contributed by atoms with Crippen LogP contribution in [0.3, 0.4) is 0 Å². The van der Waals surface area contributed by atoms with Crippen molar-refractivity contribution in [3.05, 3.63) is 11.6 Å². The summed E-state index contributed by atoms with van der Waals surface area (Å²) in [5.41, 5.74) is 1.01. The Morgan fingerprint density at radius 1 is 1.45 bits per heavy atom. The molecule has 0 unspecified atom stereocenters. The average molecular weight is 456 g/mol. The lowest BCUT2D eigenvalue weighted by molar-refractivity contribution is -0.191. The van der Waals surface area contributed by atoms with Crippen LogP contribution in [0.25, 0.3) is 11.2 Å². The first kappa shape index (κ1) is 22.7. The third-order valence-electron chi connectivity index (χ3n) is 5.11. The number of terminal acetylenes is 1. The van der Waals surface area contributed by atoms with E-state index in [1.807, 2.05) is 5.92 Å². The number of fused-ring (bicyclic) bond motifs is 1. The van der Waals surface area contributed by atoms with Gasteiger partial charge in [0.25, 0.3) is 5.60 Å². The molecule has 1 aliphatic rings. The molecule has 0 spiro atoms. The molecule has 2 aromatic rings. The molecule has 13 nitrogen and oxygen atoms in total. The van der Waals surface area contributed by atoms with Crippen LogP contribution < -0.4 is 5.73 Å². The molecule has 1 saturated heterocycles. The number of aliphatic hydroxyl groups is 2. The highest BCUT2D eigenvalue weighted by Crippen LogP contribution is 2.39. The van der Waals surface area contributed by atoms with Gasteiger partial charge in [0, 0.05) is 0 Å². The van der Waals surface area contributed by atoms with E-state index in [9.17, 15) is 30.0 Å². The molecule has 3 rings (SSSR count). The molecule has 0 bridgehead atoms. The van der Waals surface area contributed by atoms with Crippen LogP contribution >= 0.6 is 11.6 Å². The van der Waals surface area contributed by atoms with E-state index in [-0.39, 0.29) is 22.3 Å². The number of nitrogens with zero attached hydrogens (tertiary/aromatic N) is 4. The summed E-state index contributed by atoms with van der Waals surface area (Å²) in [4.78, 5) is 34.8. The topological polar surface area (TPSA) is 203 Å². The second-order valence-corrected chi connectivity index (χ2v) is 7.07. The van der Waals surface area contributed by atoms with Crippen LogP contribution in [0, 0.1) is 12.3 Å². The number of hydrogen-bond acceptors (Lipinski definition) is 10. The lowest BCUT2D eigenvalue weighted by Crippen LogP contribution is -2.53. The minimum absolute atomic E-state index is 0.0380. The molecule has 1 aliphatic heterocycles. The number of halogens is 1. The van der Waals surface area contributed by atoms with E-state index in [1.165, 1.54) is 17.8 Å². The maximum atomic E-state index is 11.5. The lowest BCUT2D eigenvalue weighted by Gasteiger charge is -2.29. The Kier molecular flexibility index (Phi) is 5.78. The molecular formula is C17H18ClN5O8. The van der Waals surface area contributed by atoms with Gasteiger partial charge in [0.1, 0.15) is 17.7 Å². The van der Waals surface area contributed by atoms with E-state index in [1.54, 1.807) is 0 Å². The zero-order valence-electron chi connectivity index (χ0n) is 16.0. The molecule has 0 aromatic carbocycles. The molecule has 2 aromatic heterocycles. The fraction of sp³-hybridized carbons (Fsp3) is 0.471. The molecule has 0 amide bonds. The Labute approximate surface area is 179 Å². The van der Waals surface area contributed by atoms with Crippen molar-refractivity contribution < 1.29 is 39.5 Å². The summed E-state index contributed by atoms with van der Waals surface area (Å²) in [7, 11) is 0. The van der Waals surface area contributed by atoms with E-state index >= 15 is 0 Å². The number of aromatic nitrogens is 4. The number of aliphatic hydroxyl groups excluding tert-OH is 1. The lowest BCUT2D eigenvalue weighted by atomic mass is 9.93. The molecule has 14 heteroatoms. The van der Waals surface area contributed by atoms with Gasteiger partial charge in [-0.2, -0.15) is 9.97 Å². The number of hydrogen-bond donors (Lipinski definition) is 5. The Balaban J connectivity index is 1.96. The van der Waals surface area contributed by atoms with Crippen LogP contribution in [-0.4, -0.2) is 81.9 Å². The molecule has 0 aliphatic carbocycles. The van der Waals surface area contributed by atoms with Gasteiger partial charge in [-0.25, -0.2) is 14.6 Å². The van der Waals surface area contributed by atoms with Crippen LogP contribution in [0.15, 0.2) is 6.33 Å². The maximum Gasteiger partial charge on any atom is 0.347 e. The zero-order chi connectivity index (χ0) is 23.1. The van der Waals surface area contributed by atoms with Crippen molar-refractivity contribution >= 4 is 40.5 Å². The number of carboxylic acids is 2. The normalized spacial score (nSPS) is 26.1. The van der Waals surface area contributed by atoms with Gasteiger partial charge in [0.15, 0.2) is 23.3 Å². The number of anilines is 1. The number of aliphatic carboxylic acids is 2. The summed E-state index contributed by atoms with van der Waals surface area (Å²) in [6.45, 7) is 0.541. The van der Waals surface area contributed by atoms with Gasteiger partial charge >= 0.3 is 11.9 Å². The number of imidazole rings is 1. The number of carboxylic acid groups (broad SMARTS) is 2. The molecule has 31 heavy (non-hydrogen) atoms. The van der Waals surface area contributed by atoms with Crippen molar-refractivity contribution in [2.45, 2.75) is 43.0 Å². The average Bonchev–Trinajstić information content (AvgIpc) is 3.22. The first-order valence-corrected chi connectivity index (χ1v) is 9.19. The fourth-order valence-corrected chi connectivity index (χ4v) is 3.42. The van der Waals surface area contributed by atoms with Gasteiger partial charge in [-0.05, 0) is 18.0 Å². The minimum Gasteiger partial charge on any atom is -0.479 e. The van der Waals surface area contributed by atoms with Crippen LogP contribution in [0.4, 0.5) is 5.82 Å². The Morgan fingerprint density at radius 3 is 2.65 bits per heavy atom. The highest BCUT2D eigenvalue weighted by atomic mass is 35.5. The van der Waals surface area contributed by atoms with Gasteiger partial charge in [0.05, 0.1) is 12.9 Å². The highest BCUT2D eigenvalue weighted by molar-refractivity contribution is 6.28. The van der Waals surface area contributed by atoms with Crippen molar-refractivity contribution in [1.82, 2.24) is 19.5 Å². The maximum absolute atomic E-state index is 11.5. The van der Waals surface area contributed by atoms with Gasteiger partial charge < -0.3 is 35.6 Å². The van der Waals surface area contributed by atoms with Crippen LogP contribution in [0.2, 0.25) is 5.28 Å². The van der Waals surface area contributed by atoms with Crippen molar-refractivity contribution in [3.63, 3.8) is 0 Å². The summed E-state index contributed by atoms with van der Waals surface area (Å²) >= 11 is 5.82. The quantitative estimate of drug-likeness (QED) is 0.194. The van der Waals surface area contributed by atoms with Crippen LogP contribution in [0.5, 0.6) is 0 Å². The van der Waals surface area contributed by atoms with Crippen molar-refractivity contribution in [1.29, 1.82) is 0 Å². The summed E-state index contributed by atoms with van der Waals surface area (Å²) < 4.78 is 12.0. The standard InChI is InChI=1S/C17H18ClN5O8/c1-3-16(29)7(5-30-17(4-2,13(25)26)14(27)28)31-12(9(16)24)23-6-20-8-10(19)21-15(18)22-11(8)23/h1,6-7,9,12,24,29H,4-5H2,2H3,(H,25,26)(H,27,28)(H2,19,21,22)/t7-,9+,12-,16-/m1/s1. The predicted octanol–water partition coefficient (Wildman–Crippen LogP) is -0.981.